The van der Waals surface area contributed by atoms with Gasteiger partial charge in [-0.25, -0.2) is 9.97 Å². The summed E-state index contributed by atoms with van der Waals surface area (Å²) in [5, 5.41) is 6.80. The quantitative estimate of drug-likeness (QED) is 0.198. The summed E-state index contributed by atoms with van der Waals surface area (Å²) in [5.41, 5.74) is 9.80. The molecule has 0 radical (unpaired) electrons. The third kappa shape index (κ3) is 4.03. The lowest BCUT2D eigenvalue weighted by Gasteiger charge is -2.15. The second-order valence-corrected chi connectivity index (χ2v) is 12.2. The normalized spacial score (nSPS) is 11.8. The molecule has 48 heavy (non-hydrogen) atoms. The lowest BCUT2D eigenvalue weighted by atomic mass is 9.93. The summed E-state index contributed by atoms with van der Waals surface area (Å²) in [5.74, 6) is 0.620. The van der Waals surface area contributed by atoms with E-state index in [0.717, 1.165) is 82.8 Å². The molecule has 7 aromatic carbocycles. The Balaban J connectivity index is 1.37. The molecular weight excluding hydrogens is 587 g/mol. The third-order valence-electron chi connectivity index (χ3n) is 9.41. The van der Waals surface area contributed by atoms with Crippen molar-refractivity contribution in [1.82, 2.24) is 14.5 Å². The molecule has 0 aliphatic carbocycles. The zero-order chi connectivity index (χ0) is 31.6. The Labute approximate surface area is 276 Å². The van der Waals surface area contributed by atoms with E-state index in [-0.39, 0.29) is 0 Å². The number of nitrogens with zero attached hydrogens (tertiary/aromatic N) is 3. The van der Waals surface area contributed by atoms with Crippen molar-refractivity contribution < 1.29 is 4.42 Å². The Morgan fingerprint density at radius 2 is 1.06 bits per heavy atom. The average Bonchev–Trinajstić information content (AvgIpc) is 3.70. The smallest absolute Gasteiger partial charge is 0.235 e. The fourth-order valence-corrected chi connectivity index (χ4v) is 7.27. The predicted octanol–water partition coefficient (Wildman–Crippen LogP) is 11.6. The van der Waals surface area contributed by atoms with Crippen LogP contribution in [0.2, 0.25) is 0 Å². The van der Waals surface area contributed by atoms with Crippen LogP contribution in [-0.2, 0) is 0 Å². The highest BCUT2D eigenvalue weighted by Gasteiger charge is 2.23. The summed E-state index contributed by atoms with van der Waals surface area (Å²) in [6.07, 6.45) is 0. The first-order valence-electron chi connectivity index (χ1n) is 16.2. The van der Waals surface area contributed by atoms with Crippen LogP contribution < -0.4 is 0 Å². The van der Waals surface area contributed by atoms with Crippen LogP contribution in [-0.4, -0.2) is 14.5 Å². The Hall–Kier alpha value is -6.52. The molecule has 0 saturated carbocycles. The minimum Gasteiger partial charge on any atom is -0.455 e. The molecule has 4 nitrogen and oxygen atoms in total. The van der Waals surface area contributed by atoms with Crippen LogP contribution in [0.5, 0.6) is 0 Å². The van der Waals surface area contributed by atoms with Crippen molar-refractivity contribution in [3.05, 3.63) is 164 Å². The Kier molecular flexibility index (Phi) is 5.84. The number of aromatic nitrogens is 3. The molecule has 3 aromatic heterocycles. The zero-order valence-corrected chi connectivity index (χ0v) is 25.8. The van der Waals surface area contributed by atoms with Gasteiger partial charge < -0.3 is 4.42 Å². The van der Waals surface area contributed by atoms with Crippen molar-refractivity contribution in [2.45, 2.75) is 0 Å². The van der Waals surface area contributed by atoms with Crippen molar-refractivity contribution in [2.24, 2.45) is 0 Å². The number of hydrogen-bond acceptors (Lipinski definition) is 3. The molecule has 224 valence electrons. The van der Waals surface area contributed by atoms with Crippen LogP contribution in [0.4, 0.5) is 0 Å². The maximum Gasteiger partial charge on any atom is 0.235 e. The van der Waals surface area contributed by atoms with Crippen LogP contribution >= 0.6 is 0 Å². The monoisotopic (exact) mass is 613 g/mol. The molecular formula is C44H27N3O. The first kappa shape index (κ1) is 26.7. The first-order chi connectivity index (χ1) is 23.8. The van der Waals surface area contributed by atoms with Gasteiger partial charge in [-0.1, -0.05) is 140 Å². The molecule has 0 fully saturated rings. The van der Waals surface area contributed by atoms with Gasteiger partial charge >= 0.3 is 0 Å². The fourth-order valence-electron chi connectivity index (χ4n) is 7.27. The number of benzene rings is 7. The van der Waals surface area contributed by atoms with Gasteiger partial charge in [0.1, 0.15) is 11.2 Å². The summed E-state index contributed by atoms with van der Waals surface area (Å²) < 4.78 is 8.97. The third-order valence-corrected chi connectivity index (χ3v) is 9.41. The summed E-state index contributed by atoms with van der Waals surface area (Å²) in [4.78, 5) is 10.6. The summed E-state index contributed by atoms with van der Waals surface area (Å²) in [7, 11) is 0. The van der Waals surface area contributed by atoms with Crippen molar-refractivity contribution in [3.63, 3.8) is 0 Å². The second kappa shape index (κ2) is 10.5. The minimum absolute atomic E-state index is 0.620. The minimum atomic E-state index is 0.620. The van der Waals surface area contributed by atoms with E-state index in [2.05, 4.69) is 150 Å². The maximum absolute atomic E-state index is 6.73. The molecule has 4 heteroatoms. The number of hydrogen-bond donors (Lipinski definition) is 0. The van der Waals surface area contributed by atoms with Gasteiger partial charge in [0.15, 0.2) is 0 Å². The van der Waals surface area contributed by atoms with Crippen LogP contribution in [0.15, 0.2) is 168 Å². The van der Waals surface area contributed by atoms with Gasteiger partial charge in [-0.3, -0.25) is 4.57 Å². The van der Waals surface area contributed by atoms with Gasteiger partial charge in [0.2, 0.25) is 5.95 Å². The van der Waals surface area contributed by atoms with Gasteiger partial charge in [0.25, 0.3) is 0 Å². The summed E-state index contributed by atoms with van der Waals surface area (Å²) in [6.45, 7) is 0. The fraction of sp³-hybridized carbons (Fsp3) is 0. The predicted molar refractivity (Wildman–Crippen MR) is 197 cm³/mol. The van der Waals surface area contributed by atoms with E-state index in [1.54, 1.807) is 0 Å². The molecule has 0 spiro atoms. The standard InChI is InChI=1S/C44H27N3O/c1-3-14-28(15-4-1)37-27-38(29-16-5-2-6-17-29)46-44(45-37)47-39-24-11-9-20-32(39)34-22-13-23-35(42(34)47)41-31-19-8-7-18-30(31)26-36-33-21-10-12-25-40(33)48-43(36)41/h1-27H. The zero-order valence-electron chi connectivity index (χ0n) is 25.8. The van der Waals surface area contributed by atoms with E-state index in [1.165, 1.54) is 5.39 Å². The van der Waals surface area contributed by atoms with E-state index in [0.29, 0.717) is 5.95 Å². The van der Waals surface area contributed by atoms with Crippen molar-refractivity contribution in [1.29, 1.82) is 0 Å². The summed E-state index contributed by atoms with van der Waals surface area (Å²) in [6, 6.07) is 57.1. The lowest BCUT2D eigenvalue weighted by molar-refractivity contribution is 0.670. The van der Waals surface area contributed by atoms with Crippen molar-refractivity contribution in [2.75, 3.05) is 0 Å². The van der Waals surface area contributed by atoms with E-state index in [9.17, 15) is 0 Å². The maximum atomic E-state index is 6.73. The Morgan fingerprint density at radius 3 is 1.81 bits per heavy atom. The van der Waals surface area contributed by atoms with Crippen LogP contribution in [0.25, 0.3) is 94.1 Å². The Bertz CT molecular complexity index is 2770. The van der Waals surface area contributed by atoms with E-state index < -0.39 is 0 Å². The molecule has 10 aromatic rings. The molecule has 3 heterocycles. The molecule has 0 unspecified atom stereocenters. The molecule has 0 amide bonds. The second-order valence-electron chi connectivity index (χ2n) is 12.2. The number of rotatable bonds is 4. The highest BCUT2D eigenvalue weighted by atomic mass is 16.3. The van der Waals surface area contributed by atoms with Gasteiger partial charge in [0, 0.05) is 43.8 Å². The van der Waals surface area contributed by atoms with Gasteiger partial charge in [-0.15, -0.1) is 0 Å². The number of fused-ring (bicyclic) bond motifs is 7. The number of furan rings is 1. The average molecular weight is 614 g/mol. The number of para-hydroxylation sites is 3. The molecule has 0 aliphatic heterocycles. The Morgan fingerprint density at radius 1 is 0.458 bits per heavy atom. The van der Waals surface area contributed by atoms with E-state index >= 15 is 0 Å². The van der Waals surface area contributed by atoms with Crippen molar-refractivity contribution >= 4 is 54.5 Å². The van der Waals surface area contributed by atoms with E-state index in [1.807, 2.05) is 18.2 Å². The molecule has 0 N–H and O–H groups in total. The van der Waals surface area contributed by atoms with Crippen molar-refractivity contribution in [3.8, 4) is 39.6 Å². The van der Waals surface area contributed by atoms with E-state index in [4.69, 9.17) is 14.4 Å². The lowest BCUT2D eigenvalue weighted by Crippen LogP contribution is -2.04. The molecule has 10 rings (SSSR count). The SMILES string of the molecule is c1ccc(-c2cc(-c3ccccc3)nc(-n3c4ccccc4c4cccc(-c5c6ccccc6cc6c5oc5ccccc56)c43)n2)cc1. The first-order valence-corrected chi connectivity index (χ1v) is 16.2. The van der Waals surface area contributed by atoms with Crippen LogP contribution in [0, 0.1) is 0 Å². The molecule has 0 bridgehead atoms. The molecule has 0 atom stereocenters. The summed E-state index contributed by atoms with van der Waals surface area (Å²) >= 11 is 0. The highest BCUT2D eigenvalue weighted by molar-refractivity contribution is 6.22. The van der Waals surface area contributed by atoms with Crippen LogP contribution in [0.1, 0.15) is 0 Å². The van der Waals surface area contributed by atoms with Gasteiger partial charge in [-0.05, 0) is 35.0 Å². The topological polar surface area (TPSA) is 43.9 Å². The molecule has 0 aliphatic rings. The van der Waals surface area contributed by atoms with Gasteiger partial charge in [-0.2, -0.15) is 0 Å². The van der Waals surface area contributed by atoms with Gasteiger partial charge in [0.05, 0.1) is 22.4 Å². The molecule has 0 saturated heterocycles. The van der Waals surface area contributed by atoms with Crippen LogP contribution in [0.3, 0.4) is 0 Å². The largest absolute Gasteiger partial charge is 0.455 e. The highest BCUT2D eigenvalue weighted by Crippen LogP contribution is 2.45.